The zero-order valence-electron chi connectivity index (χ0n) is 18.5. The second-order valence-corrected chi connectivity index (χ2v) is 7.07. The van der Waals surface area contributed by atoms with Crippen LogP contribution in [-0.4, -0.2) is 55.9 Å². The molecular formula is C22H31N3O7. The van der Waals surface area contributed by atoms with Gasteiger partial charge in [-0.1, -0.05) is 30.3 Å². The summed E-state index contributed by atoms with van der Waals surface area (Å²) in [4.78, 5) is 58.2. The molecule has 0 aliphatic carbocycles. The average Bonchev–Trinajstić information content (AvgIpc) is 2.78. The summed E-state index contributed by atoms with van der Waals surface area (Å²) >= 11 is 0. The first-order chi connectivity index (χ1) is 15.3. The molecule has 0 heterocycles. The number of hydrogen-bond donors (Lipinski definition) is 3. The van der Waals surface area contributed by atoms with Gasteiger partial charge in [0.05, 0.1) is 20.1 Å². The minimum atomic E-state index is -0.800. The standard InChI is InChI=1S/C22H31N3O7/c1-16(26)25-19(21(29)24-14-18(27)11-12-20(28)31-2)10-6-7-13-23-22(30)32-15-17-8-4-3-5-9-17/h3-5,8-9,19H,6-7,10-15H2,1-2H3,(H,23,30)(H,24,29)(H,25,26)/t19-/m0/s1. The predicted molar refractivity (Wildman–Crippen MR) is 115 cm³/mol. The lowest BCUT2D eigenvalue weighted by molar-refractivity contribution is -0.141. The largest absolute Gasteiger partial charge is 0.469 e. The van der Waals surface area contributed by atoms with Crippen molar-refractivity contribution < 1.29 is 33.4 Å². The normalized spacial score (nSPS) is 11.1. The van der Waals surface area contributed by atoms with E-state index in [0.29, 0.717) is 25.8 Å². The zero-order chi connectivity index (χ0) is 23.8. The van der Waals surface area contributed by atoms with Crippen molar-refractivity contribution in [2.24, 2.45) is 0 Å². The lowest BCUT2D eigenvalue weighted by Gasteiger charge is -2.17. The summed E-state index contributed by atoms with van der Waals surface area (Å²) in [5.74, 6) is -1.67. The molecule has 0 aromatic heterocycles. The number of esters is 1. The first-order valence-electron chi connectivity index (χ1n) is 10.4. The number of carbonyl (C=O) groups excluding carboxylic acids is 5. The van der Waals surface area contributed by atoms with E-state index < -0.39 is 24.0 Å². The summed E-state index contributed by atoms with van der Waals surface area (Å²) in [7, 11) is 1.23. The van der Waals surface area contributed by atoms with E-state index in [0.717, 1.165) is 5.56 Å². The highest BCUT2D eigenvalue weighted by Gasteiger charge is 2.19. The molecule has 0 saturated heterocycles. The third kappa shape index (κ3) is 12.3. The van der Waals surface area contributed by atoms with E-state index in [1.54, 1.807) is 0 Å². The summed E-state index contributed by atoms with van der Waals surface area (Å²) in [6, 6.07) is 8.50. The van der Waals surface area contributed by atoms with Crippen molar-refractivity contribution in [3.05, 3.63) is 35.9 Å². The third-order valence-corrected chi connectivity index (χ3v) is 4.39. The summed E-state index contributed by atoms with van der Waals surface area (Å²) < 4.78 is 9.57. The second-order valence-electron chi connectivity index (χ2n) is 7.07. The van der Waals surface area contributed by atoms with E-state index in [-0.39, 0.29) is 37.7 Å². The van der Waals surface area contributed by atoms with E-state index in [1.165, 1.54) is 14.0 Å². The number of nitrogens with one attached hydrogen (secondary N) is 3. The van der Waals surface area contributed by atoms with E-state index in [2.05, 4.69) is 20.7 Å². The lowest BCUT2D eigenvalue weighted by Crippen LogP contribution is -2.47. The third-order valence-electron chi connectivity index (χ3n) is 4.39. The van der Waals surface area contributed by atoms with Gasteiger partial charge in [-0.25, -0.2) is 4.79 Å². The second kappa shape index (κ2) is 15.4. The average molecular weight is 450 g/mol. The number of ether oxygens (including phenoxy) is 2. The Kier molecular flexibility index (Phi) is 12.8. The fraction of sp³-hybridized carbons (Fsp3) is 0.500. The Morgan fingerprint density at radius 2 is 1.69 bits per heavy atom. The van der Waals surface area contributed by atoms with Crippen molar-refractivity contribution in [3.63, 3.8) is 0 Å². The van der Waals surface area contributed by atoms with Crippen LogP contribution in [0.15, 0.2) is 30.3 Å². The highest BCUT2D eigenvalue weighted by molar-refractivity contribution is 5.91. The first kappa shape index (κ1) is 26.6. The quantitative estimate of drug-likeness (QED) is 0.287. The maximum atomic E-state index is 12.3. The van der Waals surface area contributed by atoms with Crippen molar-refractivity contribution in [1.82, 2.24) is 16.0 Å². The topological polar surface area (TPSA) is 140 Å². The van der Waals surface area contributed by atoms with Crippen LogP contribution in [0.25, 0.3) is 0 Å². The molecule has 1 atom stereocenters. The van der Waals surface area contributed by atoms with Gasteiger partial charge in [-0.2, -0.15) is 0 Å². The van der Waals surface area contributed by atoms with Gasteiger partial charge in [-0.3, -0.25) is 19.2 Å². The number of Topliss-reactive ketones (excluding diaryl/α,β-unsaturated/α-hetero) is 1. The smallest absolute Gasteiger partial charge is 0.407 e. The molecular weight excluding hydrogens is 418 g/mol. The predicted octanol–water partition coefficient (Wildman–Crippen LogP) is 1.23. The van der Waals surface area contributed by atoms with Gasteiger partial charge < -0.3 is 25.4 Å². The maximum Gasteiger partial charge on any atom is 0.407 e. The molecule has 0 bridgehead atoms. The molecule has 0 radical (unpaired) electrons. The Balaban J connectivity index is 2.28. The number of ketones is 1. The number of amides is 3. The Morgan fingerprint density at radius 1 is 0.969 bits per heavy atom. The van der Waals surface area contributed by atoms with Crippen molar-refractivity contribution in [2.45, 2.75) is 51.7 Å². The molecule has 3 N–H and O–H groups in total. The van der Waals surface area contributed by atoms with Crippen LogP contribution < -0.4 is 16.0 Å². The molecule has 10 nitrogen and oxygen atoms in total. The van der Waals surface area contributed by atoms with Crippen LogP contribution in [0.1, 0.15) is 44.6 Å². The van der Waals surface area contributed by atoms with Gasteiger partial charge in [-0.15, -0.1) is 0 Å². The maximum absolute atomic E-state index is 12.3. The van der Waals surface area contributed by atoms with E-state index in [1.807, 2.05) is 30.3 Å². The van der Waals surface area contributed by atoms with E-state index >= 15 is 0 Å². The summed E-state index contributed by atoms with van der Waals surface area (Å²) in [5.41, 5.74) is 0.885. The zero-order valence-corrected chi connectivity index (χ0v) is 18.5. The molecule has 32 heavy (non-hydrogen) atoms. The fourth-order valence-electron chi connectivity index (χ4n) is 2.69. The van der Waals surface area contributed by atoms with Crippen LogP contribution in [0, 0.1) is 0 Å². The SMILES string of the molecule is COC(=O)CCC(=O)CNC(=O)[C@H](CCCCNC(=O)OCc1ccccc1)NC(C)=O. The van der Waals surface area contributed by atoms with Gasteiger partial charge in [0.2, 0.25) is 11.8 Å². The van der Waals surface area contributed by atoms with Gasteiger partial charge in [0, 0.05) is 19.9 Å². The monoisotopic (exact) mass is 449 g/mol. The molecule has 3 amide bonds. The molecule has 1 aromatic carbocycles. The molecule has 10 heteroatoms. The van der Waals surface area contributed by atoms with E-state index in [9.17, 15) is 24.0 Å². The number of methoxy groups -OCH3 is 1. The Morgan fingerprint density at radius 3 is 2.34 bits per heavy atom. The van der Waals surface area contributed by atoms with Crippen molar-refractivity contribution in [1.29, 1.82) is 0 Å². The molecule has 1 rings (SSSR count). The number of benzene rings is 1. The van der Waals surface area contributed by atoms with Crippen LogP contribution in [0.2, 0.25) is 0 Å². The summed E-state index contributed by atoms with van der Waals surface area (Å²) in [6.45, 7) is 1.59. The highest BCUT2D eigenvalue weighted by atomic mass is 16.5. The number of unbranched alkanes of at least 4 members (excludes halogenated alkanes) is 1. The number of alkyl carbamates (subject to hydrolysis) is 1. The van der Waals surface area contributed by atoms with Gasteiger partial charge in [0.15, 0.2) is 5.78 Å². The molecule has 0 aliphatic heterocycles. The van der Waals surface area contributed by atoms with Crippen LogP contribution in [-0.2, 0) is 35.3 Å². The molecule has 0 saturated carbocycles. The molecule has 1 aromatic rings. The van der Waals surface area contributed by atoms with Gasteiger partial charge in [0.25, 0.3) is 0 Å². The van der Waals surface area contributed by atoms with Crippen LogP contribution in [0.5, 0.6) is 0 Å². The number of rotatable bonds is 14. The Bertz CT molecular complexity index is 768. The van der Waals surface area contributed by atoms with Crippen molar-refractivity contribution >= 4 is 29.7 Å². The van der Waals surface area contributed by atoms with Crippen LogP contribution >= 0.6 is 0 Å². The summed E-state index contributed by atoms with van der Waals surface area (Å²) in [5, 5.41) is 7.66. The Hall–Kier alpha value is -3.43. The number of hydrogen-bond acceptors (Lipinski definition) is 7. The van der Waals surface area contributed by atoms with Gasteiger partial charge in [0.1, 0.15) is 12.6 Å². The van der Waals surface area contributed by atoms with Crippen molar-refractivity contribution in [2.75, 3.05) is 20.2 Å². The molecule has 176 valence electrons. The molecule has 0 aliphatic rings. The minimum Gasteiger partial charge on any atom is -0.469 e. The fourth-order valence-corrected chi connectivity index (χ4v) is 2.69. The minimum absolute atomic E-state index is 0.0379. The van der Waals surface area contributed by atoms with Crippen LogP contribution in [0.4, 0.5) is 4.79 Å². The first-order valence-corrected chi connectivity index (χ1v) is 10.4. The van der Waals surface area contributed by atoms with Crippen LogP contribution in [0.3, 0.4) is 0 Å². The summed E-state index contributed by atoms with van der Waals surface area (Å²) in [6.07, 6.45) is 0.832. The number of carbonyl (C=O) groups is 5. The van der Waals surface area contributed by atoms with Gasteiger partial charge >= 0.3 is 12.1 Å². The molecule has 0 unspecified atom stereocenters. The molecule has 0 spiro atoms. The van der Waals surface area contributed by atoms with Crippen molar-refractivity contribution in [3.8, 4) is 0 Å². The van der Waals surface area contributed by atoms with E-state index in [4.69, 9.17) is 4.74 Å². The Labute approximate surface area is 187 Å². The highest BCUT2D eigenvalue weighted by Crippen LogP contribution is 2.03. The lowest BCUT2D eigenvalue weighted by atomic mass is 10.1. The van der Waals surface area contributed by atoms with Gasteiger partial charge in [-0.05, 0) is 24.8 Å². The molecule has 0 fully saturated rings.